The summed E-state index contributed by atoms with van der Waals surface area (Å²) in [6.07, 6.45) is 0.706. The number of rotatable bonds is 5. The van der Waals surface area contributed by atoms with Crippen LogP contribution in [-0.2, 0) is 17.9 Å². The van der Waals surface area contributed by atoms with Gasteiger partial charge in [-0.05, 0) is 30.2 Å². The fraction of sp³-hybridized carbons (Fsp3) is 0.176. The number of para-hydroxylation sites is 2. The Labute approximate surface area is 123 Å². The van der Waals surface area contributed by atoms with E-state index in [2.05, 4.69) is 40.0 Å². The minimum Gasteiger partial charge on any atom is -0.351 e. The fourth-order valence-corrected chi connectivity index (χ4v) is 2.53. The second-order valence-corrected chi connectivity index (χ2v) is 5.03. The molecule has 0 aliphatic heterocycles. The molecule has 1 aromatic heterocycles. The Morgan fingerprint density at radius 3 is 2.71 bits per heavy atom. The van der Waals surface area contributed by atoms with E-state index in [1.54, 1.807) is 0 Å². The number of hydrogen-bond donors (Lipinski definition) is 1. The highest BCUT2D eigenvalue weighted by atomic mass is 16.1. The first-order chi connectivity index (χ1) is 10.3. The minimum absolute atomic E-state index is 0.435. The molecular weight excluding hydrogens is 262 g/mol. The third-order valence-corrected chi connectivity index (χ3v) is 3.67. The molecule has 0 fully saturated rings. The Bertz CT molecular complexity index is 777. The third-order valence-electron chi connectivity index (χ3n) is 3.67. The first kappa shape index (κ1) is 13.4. The van der Waals surface area contributed by atoms with E-state index in [4.69, 9.17) is 0 Å². The van der Waals surface area contributed by atoms with Gasteiger partial charge < -0.3 is 9.88 Å². The van der Waals surface area contributed by atoms with Crippen LogP contribution in [0.3, 0.4) is 0 Å². The van der Waals surface area contributed by atoms with Crippen LogP contribution in [0.25, 0.3) is 11.0 Å². The number of aryl methyl sites for hydroxylation is 1. The minimum atomic E-state index is 0.435. The first-order valence-corrected chi connectivity index (χ1v) is 6.95. The van der Waals surface area contributed by atoms with Crippen molar-refractivity contribution in [2.45, 2.75) is 20.0 Å². The van der Waals surface area contributed by atoms with Crippen LogP contribution < -0.4 is 5.32 Å². The molecule has 106 valence electrons. The van der Waals surface area contributed by atoms with Gasteiger partial charge in [0.15, 0.2) is 0 Å². The molecular formula is C17H17N3O. The van der Waals surface area contributed by atoms with Crippen molar-refractivity contribution in [3.8, 4) is 0 Å². The average molecular weight is 279 g/mol. The SMILES string of the molecule is Cc1ccccc1Cn1c(CNC=O)nc2ccccc21. The molecule has 0 radical (unpaired) electrons. The number of carbonyl (C=O) groups excluding carboxylic acids is 1. The van der Waals surface area contributed by atoms with E-state index in [0.717, 1.165) is 23.4 Å². The van der Waals surface area contributed by atoms with Crippen molar-refractivity contribution in [3.05, 3.63) is 65.5 Å². The molecule has 3 aromatic rings. The second kappa shape index (κ2) is 5.79. The van der Waals surface area contributed by atoms with Crippen molar-refractivity contribution >= 4 is 17.4 Å². The Balaban J connectivity index is 2.06. The van der Waals surface area contributed by atoms with Crippen LogP contribution >= 0.6 is 0 Å². The Hall–Kier alpha value is -2.62. The van der Waals surface area contributed by atoms with Gasteiger partial charge in [0.2, 0.25) is 6.41 Å². The summed E-state index contributed by atoms with van der Waals surface area (Å²) in [6, 6.07) is 16.4. The van der Waals surface area contributed by atoms with Gasteiger partial charge in [0.05, 0.1) is 17.6 Å². The topological polar surface area (TPSA) is 46.9 Å². The zero-order valence-electron chi connectivity index (χ0n) is 11.9. The highest BCUT2D eigenvalue weighted by Crippen LogP contribution is 2.19. The van der Waals surface area contributed by atoms with Crippen molar-refractivity contribution in [3.63, 3.8) is 0 Å². The number of amides is 1. The summed E-state index contributed by atoms with van der Waals surface area (Å²) in [5, 5.41) is 2.70. The molecule has 4 heteroatoms. The lowest BCUT2D eigenvalue weighted by atomic mass is 10.1. The Morgan fingerprint density at radius 2 is 1.90 bits per heavy atom. The number of nitrogens with one attached hydrogen (secondary N) is 1. The monoisotopic (exact) mass is 279 g/mol. The first-order valence-electron chi connectivity index (χ1n) is 6.95. The highest BCUT2D eigenvalue weighted by Gasteiger charge is 2.11. The van der Waals surface area contributed by atoms with Crippen molar-refractivity contribution in [1.29, 1.82) is 0 Å². The van der Waals surface area contributed by atoms with E-state index < -0.39 is 0 Å². The average Bonchev–Trinajstić information content (AvgIpc) is 2.85. The fourth-order valence-electron chi connectivity index (χ4n) is 2.53. The Kier molecular flexibility index (Phi) is 3.69. The Morgan fingerprint density at radius 1 is 1.14 bits per heavy atom. The van der Waals surface area contributed by atoms with Crippen LogP contribution in [0.15, 0.2) is 48.5 Å². The molecule has 0 bridgehead atoms. The molecule has 0 saturated carbocycles. The standard InChI is InChI=1S/C17H17N3O/c1-13-6-2-3-7-14(13)11-20-16-9-5-4-8-15(16)19-17(20)10-18-12-21/h2-9,12H,10-11H2,1H3,(H,18,21). The molecule has 0 unspecified atom stereocenters. The van der Waals surface area contributed by atoms with Gasteiger partial charge in [-0.1, -0.05) is 36.4 Å². The van der Waals surface area contributed by atoms with Gasteiger partial charge in [0.1, 0.15) is 5.82 Å². The second-order valence-electron chi connectivity index (χ2n) is 5.03. The molecule has 0 aliphatic rings. The molecule has 0 atom stereocenters. The van der Waals surface area contributed by atoms with Crippen molar-refractivity contribution in [2.24, 2.45) is 0 Å². The van der Waals surface area contributed by atoms with E-state index in [0.29, 0.717) is 13.0 Å². The lowest BCUT2D eigenvalue weighted by Gasteiger charge is -2.11. The normalized spacial score (nSPS) is 10.7. The van der Waals surface area contributed by atoms with Gasteiger partial charge in [-0.15, -0.1) is 0 Å². The van der Waals surface area contributed by atoms with Crippen LogP contribution in [0, 0.1) is 6.92 Å². The number of hydrogen-bond acceptors (Lipinski definition) is 2. The van der Waals surface area contributed by atoms with Gasteiger partial charge in [-0.3, -0.25) is 4.79 Å². The maximum atomic E-state index is 10.6. The zero-order chi connectivity index (χ0) is 14.7. The lowest BCUT2D eigenvalue weighted by molar-refractivity contribution is -0.109. The predicted octanol–water partition coefficient (Wildman–Crippen LogP) is 2.64. The summed E-state index contributed by atoms with van der Waals surface area (Å²) >= 11 is 0. The van der Waals surface area contributed by atoms with E-state index in [1.165, 1.54) is 11.1 Å². The summed E-state index contributed by atoms with van der Waals surface area (Å²) in [6.45, 7) is 3.30. The maximum absolute atomic E-state index is 10.6. The highest BCUT2D eigenvalue weighted by molar-refractivity contribution is 5.76. The van der Waals surface area contributed by atoms with Crippen LogP contribution in [-0.4, -0.2) is 16.0 Å². The summed E-state index contributed by atoms with van der Waals surface area (Å²) in [7, 11) is 0. The van der Waals surface area contributed by atoms with Gasteiger partial charge in [-0.2, -0.15) is 0 Å². The quantitative estimate of drug-likeness (QED) is 0.730. The smallest absolute Gasteiger partial charge is 0.207 e. The number of aromatic nitrogens is 2. The molecule has 0 spiro atoms. The molecule has 3 rings (SSSR count). The summed E-state index contributed by atoms with van der Waals surface area (Å²) < 4.78 is 2.16. The van der Waals surface area contributed by atoms with E-state index in [-0.39, 0.29) is 0 Å². The van der Waals surface area contributed by atoms with E-state index >= 15 is 0 Å². The number of carbonyl (C=O) groups is 1. The number of benzene rings is 2. The summed E-state index contributed by atoms with van der Waals surface area (Å²) in [5.74, 6) is 0.867. The number of fused-ring (bicyclic) bond motifs is 1. The van der Waals surface area contributed by atoms with E-state index in [9.17, 15) is 4.79 Å². The number of imidazole rings is 1. The van der Waals surface area contributed by atoms with Crippen LogP contribution in [0.1, 0.15) is 17.0 Å². The molecule has 21 heavy (non-hydrogen) atoms. The summed E-state index contributed by atoms with van der Waals surface area (Å²) in [5.41, 5.74) is 4.55. The largest absolute Gasteiger partial charge is 0.351 e. The maximum Gasteiger partial charge on any atom is 0.207 e. The van der Waals surface area contributed by atoms with E-state index in [1.807, 2.05) is 30.3 Å². The van der Waals surface area contributed by atoms with Crippen LogP contribution in [0.2, 0.25) is 0 Å². The lowest BCUT2D eigenvalue weighted by Crippen LogP contribution is -2.15. The molecule has 0 aliphatic carbocycles. The van der Waals surface area contributed by atoms with Gasteiger partial charge >= 0.3 is 0 Å². The van der Waals surface area contributed by atoms with Crippen molar-refractivity contribution in [2.75, 3.05) is 0 Å². The van der Waals surface area contributed by atoms with Crippen molar-refractivity contribution < 1.29 is 4.79 Å². The molecule has 1 heterocycles. The predicted molar refractivity (Wildman–Crippen MR) is 82.9 cm³/mol. The molecule has 4 nitrogen and oxygen atoms in total. The third kappa shape index (κ3) is 2.65. The van der Waals surface area contributed by atoms with Gasteiger partial charge in [0, 0.05) is 6.54 Å². The van der Waals surface area contributed by atoms with Crippen molar-refractivity contribution in [1.82, 2.24) is 14.9 Å². The van der Waals surface area contributed by atoms with Crippen LogP contribution in [0.4, 0.5) is 0 Å². The molecule has 2 aromatic carbocycles. The molecule has 1 N–H and O–H groups in total. The molecule has 0 saturated heterocycles. The van der Waals surface area contributed by atoms with Crippen LogP contribution in [0.5, 0.6) is 0 Å². The summed E-state index contributed by atoms with van der Waals surface area (Å²) in [4.78, 5) is 15.2. The zero-order valence-corrected chi connectivity index (χ0v) is 11.9. The van der Waals surface area contributed by atoms with Gasteiger partial charge in [0.25, 0.3) is 0 Å². The number of nitrogens with zero attached hydrogens (tertiary/aromatic N) is 2. The van der Waals surface area contributed by atoms with Gasteiger partial charge in [-0.25, -0.2) is 4.98 Å². The molecule has 1 amide bonds.